The molecule has 2 rings (SSSR count). The first kappa shape index (κ1) is 13.1. The lowest BCUT2D eigenvalue weighted by molar-refractivity contribution is 0.282. The average Bonchev–Trinajstić information content (AvgIpc) is 2.39. The van der Waals surface area contributed by atoms with E-state index < -0.39 is 0 Å². The summed E-state index contributed by atoms with van der Waals surface area (Å²) >= 11 is 3.48. The summed E-state index contributed by atoms with van der Waals surface area (Å²) in [6, 6.07) is 16.2. The summed E-state index contributed by atoms with van der Waals surface area (Å²) in [6.07, 6.45) is 0. The molecular formula is C15H16BrNO. The third-order valence-electron chi connectivity index (χ3n) is 2.91. The first-order chi connectivity index (χ1) is 8.70. The van der Waals surface area contributed by atoms with Crippen LogP contribution in [0.5, 0.6) is 0 Å². The van der Waals surface area contributed by atoms with E-state index in [9.17, 15) is 5.11 Å². The zero-order chi connectivity index (χ0) is 13.0. The molecule has 0 saturated heterocycles. The molecule has 0 aromatic heterocycles. The van der Waals surface area contributed by atoms with Crippen LogP contribution < -0.4 is 5.32 Å². The fourth-order valence-electron chi connectivity index (χ4n) is 1.89. The zero-order valence-electron chi connectivity index (χ0n) is 10.2. The number of nitrogens with one attached hydrogen (secondary N) is 1. The standard InChI is InChI=1S/C15H16BrNO/c1-11(12-6-4-7-14(16)9-12)17-15-8-3-2-5-13(15)10-18/h2-9,11,17-18H,10H2,1H3. The molecule has 1 unspecified atom stereocenters. The van der Waals surface area contributed by atoms with E-state index in [0.29, 0.717) is 0 Å². The molecule has 0 bridgehead atoms. The average molecular weight is 306 g/mol. The van der Waals surface area contributed by atoms with Crippen molar-refractivity contribution in [3.8, 4) is 0 Å². The fourth-order valence-corrected chi connectivity index (χ4v) is 2.31. The molecule has 1 atom stereocenters. The number of aliphatic hydroxyl groups excluding tert-OH is 1. The number of hydrogen-bond acceptors (Lipinski definition) is 2. The van der Waals surface area contributed by atoms with Crippen molar-refractivity contribution in [1.29, 1.82) is 0 Å². The van der Waals surface area contributed by atoms with Crippen molar-refractivity contribution < 1.29 is 5.11 Å². The van der Waals surface area contributed by atoms with Crippen LogP contribution in [-0.4, -0.2) is 5.11 Å². The molecule has 2 aromatic rings. The Kier molecular flexibility index (Phi) is 4.39. The van der Waals surface area contributed by atoms with Gasteiger partial charge in [-0.2, -0.15) is 0 Å². The number of para-hydroxylation sites is 1. The third kappa shape index (κ3) is 3.12. The van der Waals surface area contributed by atoms with Crippen LogP contribution in [0.3, 0.4) is 0 Å². The lowest BCUT2D eigenvalue weighted by atomic mass is 10.1. The Morgan fingerprint density at radius 3 is 2.67 bits per heavy atom. The predicted octanol–water partition coefficient (Wildman–Crippen LogP) is 4.11. The second-order valence-electron chi connectivity index (χ2n) is 4.24. The lowest BCUT2D eigenvalue weighted by Gasteiger charge is -2.18. The summed E-state index contributed by atoms with van der Waals surface area (Å²) in [4.78, 5) is 0. The molecule has 2 aromatic carbocycles. The van der Waals surface area contributed by atoms with Crippen molar-refractivity contribution in [3.63, 3.8) is 0 Å². The molecule has 0 spiro atoms. The maximum absolute atomic E-state index is 9.30. The maximum atomic E-state index is 9.30. The van der Waals surface area contributed by atoms with Gasteiger partial charge in [0.15, 0.2) is 0 Å². The Labute approximate surface area is 116 Å². The van der Waals surface area contributed by atoms with Crippen LogP contribution in [0, 0.1) is 0 Å². The van der Waals surface area contributed by atoms with Crippen molar-refractivity contribution in [2.45, 2.75) is 19.6 Å². The smallest absolute Gasteiger partial charge is 0.0701 e. The number of anilines is 1. The summed E-state index contributed by atoms with van der Waals surface area (Å²) in [5, 5.41) is 12.7. The molecular weight excluding hydrogens is 290 g/mol. The van der Waals surface area contributed by atoms with Gasteiger partial charge in [0.1, 0.15) is 0 Å². The topological polar surface area (TPSA) is 32.3 Å². The molecule has 0 radical (unpaired) electrons. The van der Waals surface area contributed by atoms with E-state index in [0.717, 1.165) is 15.7 Å². The number of rotatable bonds is 4. The zero-order valence-corrected chi connectivity index (χ0v) is 11.8. The van der Waals surface area contributed by atoms with Gasteiger partial charge in [0.2, 0.25) is 0 Å². The Morgan fingerprint density at radius 2 is 1.94 bits per heavy atom. The summed E-state index contributed by atoms with van der Waals surface area (Å²) < 4.78 is 1.07. The van der Waals surface area contributed by atoms with Crippen LogP contribution in [0.2, 0.25) is 0 Å². The number of hydrogen-bond donors (Lipinski definition) is 2. The van der Waals surface area contributed by atoms with Gasteiger partial charge in [-0.15, -0.1) is 0 Å². The highest BCUT2D eigenvalue weighted by molar-refractivity contribution is 9.10. The highest BCUT2D eigenvalue weighted by atomic mass is 79.9. The Morgan fingerprint density at radius 1 is 1.17 bits per heavy atom. The third-order valence-corrected chi connectivity index (χ3v) is 3.40. The van der Waals surface area contributed by atoms with Gasteiger partial charge in [-0.3, -0.25) is 0 Å². The van der Waals surface area contributed by atoms with Crippen molar-refractivity contribution in [1.82, 2.24) is 0 Å². The minimum atomic E-state index is 0.0500. The molecule has 3 heteroatoms. The maximum Gasteiger partial charge on any atom is 0.0701 e. The summed E-state index contributed by atoms with van der Waals surface area (Å²) in [7, 11) is 0. The van der Waals surface area contributed by atoms with Crippen molar-refractivity contribution in [3.05, 3.63) is 64.1 Å². The van der Waals surface area contributed by atoms with E-state index in [-0.39, 0.29) is 12.6 Å². The first-order valence-corrected chi connectivity index (χ1v) is 6.71. The number of aliphatic hydroxyl groups is 1. The Bertz CT molecular complexity index is 527. The van der Waals surface area contributed by atoms with Crippen LogP contribution >= 0.6 is 15.9 Å². The van der Waals surface area contributed by atoms with E-state index in [1.807, 2.05) is 36.4 Å². The van der Waals surface area contributed by atoms with Crippen LogP contribution in [0.15, 0.2) is 53.0 Å². The van der Waals surface area contributed by atoms with Gasteiger partial charge in [0, 0.05) is 21.8 Å². The number of halogens is 1. The second-order valence-corrected chi connectivity index (χ2v) is 5.15. The van der Waals surface area contributed by atoms with Crippen LogP contribution in [-0.2, 0) is 6.61 Å². The van der Waals surface area contributed by atoms with Crippen molar-refractivity contribution in [2.24, 2.45) is 0 Å². The van der Waals surface area contributed by atoms with Gasteiger partial charge in [0.05, 0.1) is 6.61 Å². The van der Waals surface area contributed by atoms with Crippen LogP contribution in [0.4, 0.5) is 5.69 Å². The van der Waals surface area contributed by atoms with Gasteiger partial charge < -0.3 is 10.4 Å². The van der Waals surface area contributed by atoms with Gasteiger partial charge in [-0.05, 0) is 30.7 Å². The molecule has 0 aliphatic carbocycles. The van der Waals surface area contributed by atoms with Gasteiger partial charge in [-0.25, -0.2) is 0 Å². The molecule has 0 heterocycles. The highest BCUT2D eigenvalue weighted by Crippen LogP contribution is 2.24. The van der Waals surface area contributed by atoms with Gasteiger partial charge >= 0.3 is 0 Å². The van der Waals surface area contributed by atoms with E-state index in [1.54, 1.807) is 0 Å². The molecule has 2 nitrogen and oxygen atoms in total. The van der Waals surface area contributed by atoms with Crippen LogP contribution in [0.1, 0.15) is 24.1 Å². The molecule has 2 N–H and O–H groups in total. The summed E-state index contributed by atoms with van der Waals surface area (Å²) in [6.45, 7) is 2.16. The largest absolute Gasteiger partial charge is 0.392 e. The molecule has 0 amide bonds. The predicted molar refractivity (Wildman–Crippen MR) is 78.5 cm³/mol. The minimum absolute atomic E-state index is 0.0500. The van der Waals surface area contributed by atoms with Crippen molar-refractivity contribution >= 4 is 21.6 Å². The van der Waals surface area contributed by atoms with E-state index in [4.69, 9.17) is 0 Å². The van der Waals surface area contributed by atoms with Gasteiger partial charge in [-0.1, -0.05) is 46.3 Å². The quantitative estimate of drug-likeness (QED) is 0.891. The molecule has 0 fully saturated rings. The summed E-state index contributed by atoms with van der Waals surface area (Å²) in [5.74, 6) is 0. The molecule has 18 heavy (non-hydrogen) atoms. The first-order valence-electron chi connectivity index (χ1n) is 5.91. The van der Waals surface area contributed by atoms with Gasteiger partial charge in [0.25, 0.3) is 0 Å². The fraction of sp³-hybridized carbons (Fsp3) is 0.200. The second kappa shape index (κ2) is 6.03. The van der Waals surface area contributed by atoms with Crippen molar-refractivity contribution in [2.75, 3.05) is 5.32 Å². The highest BCUT2D eigenvalue weighted by Gasteiger charge is 2.07. The lowest BCUT2D eigenvalue weighted by Crippen LogP contribution is -2.08. The molecule has 94 valence electrons. The van der Waals surface area contributed by atoms with E-state index in [1.165, 1.54) is 5.56 Å². The Hall–Kier alpha value is -1.32. The SMILES string of the molecule is CC(Nc1ccccc1CO)c1cccc(Br)c1. The van der Waals surface area contributed by atoms with Crippen LogP contribution in [0.25, 0.3) is 0 Å². The molecule has 0 aliphatic heterocycles. The van der Waals surface area contributed by atoms with E-state index >= 15 is 0 Å². The molecule has 0 aliphatic rings. The molecule has 0 saturated carbocycles. The Balaban J connectivity index is 2.18. The number of benzene rings is 2. The monoisotopic (exact) mass is 305 g/mol. The summed E-state index contributed by atoms with van der Waals surface area (Å²) in [5.41, 5.74) is 3.10. The normalized spacial score (nSPS) is 12.2. The van der Waals surface area contributed by atoms with E-state index in [2.05, 4.69) is 40.3 Å². The minimum Gasteiger partial charge on any atom is -0.392 e.